The molecule has 0 radical (unpaired) electrons. The van der Waals surface area contributed by atoms with Gasteiger partial charge in [-0.15, -0.1) is 13.2 Å². The molecule has 10 heteroatoms. The molecule has 0 fully saturated rings. The maximum Gasteiger partial charge on any atom is 0.573 e. The molecule has 0 unspecified atom stereocenters. The maximum atomic E-state index is 13.0. The highest BCUT2D eigenvalue weighted by Gasteiger charge is 2.43. The minimum absolute atomic E-state index is 0.00601. The number of ether oxygens (including phenoxy) is 1. The van der Waals surface area contributed by atoms with Crippen molar-refractivity contribution in [3.05, 3.63) is 59.2 Å². The molecule has 4 nitrogen and oxygen atoms in total. The Labute approximate surface area is 156 Å². The number of hydrazone groups is 1. The van der Waals surface area contributed by atoms with E-state index >= 15 is 0 Å². The number of hydrogen-bond acceptors (Lipinski definition) is 3. The van der Waals surface area contributed by atoms with E-state index in [0.29, 0.717) is 5.56 Å². The maximum absolute atomic E-state index is 13.0. The van der Waals surface area contributed by atoms with Gasteiger partial charge in [-0.25, -0.2) is 0 Å². The van der Waals surface area contributed by atoms with Gasteiger partial charge in [0.25, 0.3) is 0 Å². The van der Waals surface area contributed by atoms with Gasteiger partial charge in [0.05, 0.1) is 11.9 Å². The summed E-state index contributed by atoms with van der Waals surface area (Å²) < 4.78 is 79.5. The fourth-order valence-corrected chi connectivity index (χ4v) is 2.30. The van der Waals surface area contributed by atoms with Crippen LogP contribution in [0.2, 0.25) is 0 Å². The van der Waals surface area contributed by atoms with Crippen LogP contribution in [0.4, 0.5) is 32.0 Å². The van der Waals surface area contributed by atoms with Crippen LogP contribution in [0.3, 0.4) is 0 Å². The average Bonchev–Trinajstić information content (AvgIpc) is 2.54. The van der Waals surface area contributed by atoms with Gasteiger partial charge in [0, 0.05) is 0 Å². The molecular weight excluding hydrogens is 390 g/mol. The standard InChI is InChI=1S/C18H14F6N2O2/c1-11-6-7-15(12(2)8-11)26(16(27)17(19,20)21)25-10-13-4-3-5-14(9-13)28-18(22,23)24/h3-10H,1-2H3. The Morgan fingerprint density at radius 3 is 2.29 bits per heavy atom. The van der Waals surface area contributed by atoms with Crippen molar-refractivity contribution in [1.29, 1.82) is 0 Å². The van der Waals surface area contributed by atoms with Gasteiger partial charge >= 0.3 is 18.4 Å². The molecule has 150 valence electrons. The van der Waals surface area contributed by atoms with Gasteiger partial charge in [0.2, 0.25) is 0 Å². The van der Waals surface area contributed by atoms with Gasteiger partial charge in [-0.1, -0.05) is 29.8 Å². The smallest absolute Gasteiger partial charge is 0.406 e. The lowest BCUT2D eigenvalue weighted by atomic mass is 10.1. The number of anilines is 1. The third kappa shape index (κ3) is 5.73. The molecular formula is C18H14F6N2O2. The zero-order valence-corrected chi connectivity index (χ0v) is 14.6. The van der Waals surface area contributed by atoms with Crippen molar-refractivity contribution in [3.8, 4) is 5.75 Å². The third-order valence-corrected chi connectivity index (χ3v) is 3.43. The number of alkyl halides is 6. The molecule has 2 aromatic carbocycles. The fraction of sp³-hybridized carbons (Fsp3) is 0.222. The van der Waals surface area contributed by atoms with Crippen LogP contribution in [-0.4, -0.2) is 24.7 Å². The lowest BCUT2D eigenvalue weighted by Crippen LogP contribution is -2.38. The van der Waals surface area contributed by atoms with Crippen molar-refractivity contribution in [2.24, 2.45) is 5.10 Å². The van der Waals surface area contributed by atoms with Crippen molar-refractivity contribution in [2.45, 2.75) is 26.4 Å². The van der Waals surface area contributed by atoms with Crippen LogP contribution >= 0.6 is 0 Å². The second-order valence-electron chi connectivity index (χ2n) is 5.77. The molecule has 1 amide bonds. The molecule has 2 aromatic rings. The summed E-state index contributed by atoms with van der Waals surface area (Å²) in [6, 6.07) is 8.82. The van der Waals surface area contributed by atoms with E-state index in [4.69, 9.17) is 0 Å². The Morgan fingerprint density at radius 2 is 1.71 bits per heavy atom. The number of carbonyl (C=O) groups excluding carboxylic acids is 1. The molecule has 0 saturated heterocycles. The van der Waals surface area contributed by atoms with Crippen LogP contribution in [0.15, 0.2) is 47.6 Å². The van der Waals surface area contributed by atoms with Crippen LogP contribution in [0.25, 0.3) is 0 Å². The van der Waals surface area contributed by atoms with Gasteiger partial charge in [-0.2, -0.15) is 23.3 Å². The highest BCUT2D eigenvalue weighted by molar-refractivity contribution is 5.99. The van der Waals surface area contributed by atoms with E-state index in [0.717, 1.165) is 23.9 Å². The Balaban J connectivity index is 2.40. The zero-order chi connectivity index (χ0) is 21.1. The first kappa shape index (κ1) is 21.3. The largest absolute Gasteiger partial charge is 0.573 e. The molecule has 0 heterocycles. The van der Waals surface area contributed by atoms with Crippen LogP contribution in [0.1, 0.15) is 16.7 Å². The minimum Gasteiger partial charge on any atom is -0.406 e. The van der Waals surface area contributed by atoms with Crippen molar-refractivity contribution in [3.63, 3.8) is 0 Å². The molecule has 0 saturated carbocycles. The SMILES string of the molecule is Cc1ccc(N(N=Cc2cccc(OC(F)(F)F)c2)C(=O)C(F)(F)F)c(C)c1. The second kappa shape index (κ2) is 7.91. The van der Waals surface area contributed by atoms with Gasteiger partial charge in [-0.3, -0.25) is 4.79 Å². The van der Waals surface area contributed by atoms with Crippen molar-refractivity contribution < 1.29 is 35.9 Å². The molecule has 0 spiro atoms. The number of halogens is 6. The second-order valence-corrected chi connectivity index (χ2v) is 5.77. The van der Waals surface area contributed by atoms with Gasteiger partial charge in [0.1, 0.15) is 5.75 Å². The molecule has 0 aliphatic heterocycles. The summed E-state index contributed by atoms with van der Waals surface area (Å²) in [5.41, 5.74) is 1.03. The van der Waals surface area contributed by atoms with E-state index in [1.807, 2.05) is 0 Å². The molecule has 0 bridgehead atoms. The first-order valence-corrected chi connectivity index (χ1v) is 7.75. The quantitative estimate of drug-likeness (QED) is 0.403. The summed E-state index contributed by atoms with van der Waals surface area (Å²) in [4.78, 5) is 11.8. The number of hydrogen-bond donors (Lipinski definition) is 0. The summed E-state index contributed by atoms with van der Waals surface area (Å²) in [6.45, 7) is 3.23. The Hall–Kier alpha value is -3.04. The van der Waals surface area contributed by atoms with Gasteiger partial charge in [0.15, 0.2) is 0 Å². The highest BCUT2D eigenvalue weighted by Crippen LogP contribution is 2.28. The van der Waals surface area contributed by atoms with E-state index in [1.54, 1.807) is 13.0 Å². The molecule has 0 N–H and O–H groups in total. The van der Waals surface area contributed by atoms with Crippen molar-refractivity contribution in [1.82, 2.24) is 0 Å². The average molecular weight is 404 g/mol. The zero-order valence-electron chi connectivity index (χ0n) is 14.6. The lowest BCUT2D eigenvalue weighted by Gasteiger charge is -2.20. The normalized spacial score (nSPS) is 12.3. The highest BCUT2D eigenvalue weighted by atomic mass is 19.4. The van der Waals surface area contributed by atoms with Crippen LogP contribution in [0, 0.1) is 13.8 Å². The van der Waals surface area contributed by atoms with E-state index in [1.165, 1.54) is 31.2 Å². The van der Waals surface area contributed by atoms with E-state index < -0.39 is 24.2 Å². The first-order valence-electron chi connectivity index (χ1n) is 7.75. The van der Waals surface area contributed by atoms with Crippen LogP contribution in [-0.2, 0) is 4.79 Å². The van der Waals surface area contributed by atoms with Gasteiger partial charge in [-0.05, 0) is 43.2 Å². The summed E-state index contributed by atoms with van der Waals surface area (Å²) in [5, 5.41) is 3.72. The molecule has 0 aromatic heterocycles. The number of aryl methyl sites for hydroxylation is 2. The van der Waals surface area contributed by atoms with Gasteiger partial charge < -0.3 is 4.74 Å². The number of carbonyl (C=O) groups is 1. The van der Waals surface area contributed by atoms with E-state index in [2.05, 4.69) is 9.84 Å². The molecule has 28 heavy (non-hydrogen) atoms. The van der Waals surface area contributed by atoms with E-state index in [9.17, 15) is 31.1 Å². The Bertz CT molecular complexity index is 890. The third-order valence-electron chi connectivity index (χ3n) is 3.43. The number of benzene rings is 2. The molecule has 0 aliphatic carbocycles. The topological polar surface area (TPSA) is 41.9 Å². The molecule has 0 aliphatic rings. The number of amides is 1. The van der Waals surface area contributed by atoms with Crippen molar-refractivity contribution >= 4 is 17.8 Å². The van der Waals surface area contributed by atoms with Crippen molar-refractivity contribution in [2.75, 3.05) is 5.01 Å². The van der Waals surface area contributed by atoms with Crippen LogP contribution < -0.4 is 9.75 Å². The summed E-state index contributed by atoms with van der Waals surface area (Å²) in [5.74, 6) is -2.81. The number of rotatable bonds is 4. The van der Waals surface area contributed by atoms with Crippen LogP contribution in [0.5, 0.6) is 5.75 Å². The first-order chi connectivity index (χ1) is 12.9. The lowest BCUT2D eigenvalue weighted by molar-refractivity contribution is -0.274. The predicted molar refractivity (Wildman–Crippen MR) is 90.2 cm³/mol. The van der Waals surface area contributed by atoms with E-state index in [-0.39, 0.29) is 16.3 Å². The Morgan fingerprint density at radius 1 is 1.04 bits per heavy atom. The summed E-state index contributed by atoms with van der Waals surface area (Å²) in [6.07, 6.45) is -9.28. The summed E-state index contributed by atoms with van der Waals surface area (Å²) >= 11 is 0. The number of nitrogens with zero attached hydrogens (tertiary/aromatic N) is 2. The Kier molecular flexibility index (Phi) is 6.01. The monoisotopic (exact) mass is 404 g/mol. The minimum atomic E-state index is -5.20. The predicted octanol–water partition coefficient (Wildman–Crippen LogP) is 5.13. The summed E-state index contributed by atoms with van der Waals surface area (Å²) in [7, 11) is 0. The molecule has 2 rings (SSSR count). The molecule has 0 atom stereocenters. The fourth-order valence-electron chi connectivity index (χ4n) is 2.30.